The second kappa shape index (κ2) is 9.23. The zero-order valence-corrected chi connectivity index (χ0v) is 17.4. The van der Waals surface area contributed by atoms with E-state index in [-0.39, 0.29) is 19.1 Å². The SMILES string of the molecule is C=CCOC(=O)Nc1cccc2c1-c1ccccc1C2COC(=O)C1CC[C@H](C(=O)O)N1. The summed E-state index contributed by atoms with van der Waals surface area (Å²) in [5.74, 6) is -1.62. The lowest BCUT2D eigenvalue weighted by Crippen LogP contribution is -2.40. The molecule has 32 heavy (non-hydrogen) atoms. The number of nitrogens with one attached hydrogen (secondary N) is 2. The molecule has 0 saturated carbocycles. The minimum Gasteiger partial charge on any atom is -0.480 e. The molecule has 2 unspecified atom stereocenters. The highest BCUT2D eigenvalue weighted by molar-refractivity contribution is 5.96. The molecule has 1 amide bonds. The number of ether oxygens (including phenoxy) is 2. The molecule has 4 rings (SSSR count). The van der Waals surface area contributed by atoms with E-state index in [9.17, 15) is 14.4 Å². The van der Waals surface area contributed by atoms with Crippen LogP contribution in [0.25, 0.3) is 11.1 Å². The third-order valence-corrected chi connectivity index (χ3v) is 5.77. The van der Waals surface area contributed by atoms with Crippen LogP contribution >= 0.6 is 0 Å². The molecule has 2 aromatic rings. The number of benzene rings is 2. The molecule has 1 aliphatic heterocycles. The van der Waals surface area contributed by atoms with Crippen molar-refractivity contribution in [3.8, 4) is 11.1 Å². The van der Waals surface area contributed by atoms with Crippen molar-refractivity contribution in [2.24, 2.45) is 0 Å². The third-order valence-electron chi connectivity index (χ3n) is 5.77. The molecule has 8 nitrogen and oxygen atoms in total. The Morgan fingerprint density at radius 2 is 1.81 bits per heavy atom. The predicted molar refractivity (Wildman–Crippen MR) is 117 cm³/mol. The van der Waals surface area contributed by atoms with E-state index in [2.05, 4.69) is 17.2 Å². The summed E-state index contributed by atoms with van der Waals surface area (Å²) in [7, 11) is 0. The first kappa shape index (κ1) is 21.6. The fourth-order valence-electron chi connectivity index (χ4n) is 4.31. The van der Waals surface area contributed by atoms with Crippen molar-refractivity contribution in [1.82, 2.24) is 5.32 Å². The summed E-state index contributed by atoms with van der Waals surface area (Å²) >= 11 is 0. The number of aliphatic carboxylic acids is 1. The van der Waals surface area contributed by atoms with E-state index in [0.717, 1.165) is 22.3 Å². The lowest BCUT2D eigenvalue weighted by atomic mass is 9.98. The van der Waals surface area contributed by atoms with Gasteiger partial charge in [0.15, 0.2) is 0 Å². The average Bonchev–Trinajstić information content (AvgIpc) is 3.40. The van der Waals surface area contributed by atoms with Gasteiger partial charge >= 0.3 is 18.0 Å². The molecule has 1 saturated heterocycles. The van der Waals surface area contributed by atoms with Crippen molar-refractivity contribution < 1.29 is 29.0 Å². The maximum Gasteiger partial charge on any atom is 0.411 e. The summed E-state index contributed by atoms with van der Waals surface area (Å²) < 4.78 is 10.7. The Labute approximate surface area is 185 Å². The molecule has 0 radical (unpaired) electrons. The Morgan fingerprint density at radius 1 is 1.06 bits per heavy atom. The van der Waals surface area contributed by atoms with E-state index in [1.54, 1.807) is 6.07 Å². The molecular weight excluding hydrogens is 412 g/mol. The number of anilines is 1. The number of carbonyl (C=O) groups is 3. The lowest BCUT2D eigenvalue weighted by molar-refractivity contribution is -0.146. The summed E-state index contributed by atoms with van der Waals surface area (Å²) in [6.07, 6.45) is 1.73. The zero-order valence-electron chi connectivity index (χ0n) is 17.4. The second-order valence-electron chi connectivity index (χ2n) is 7.74. The lowest BCUT2D eigenvalue weighted by Gasteiger charge is -2.17. The summed E-state index contributed by atoms with van der Waals surface area (Å²) in [5, 5.41) is 14.7. The standard InChI is InChI=1S/C24H24N2O6/c1-2-12-31-24(30)26-18-9-5-8-16-17(14-6-3-4-7-15(14)21(16)18)13-32-23(29)20-11-10-19(25-20)22(27)28/h2-9,17,19-20,25H,1,10-13H2,(H,26,30)(H,27,28)/t17?,19-,20?/m1/s1. The minimum absolute atomic E-state index is 0.105. The van der Waals surface area contributed by atoms with Crippen LogP contribution in [0.1, 0.15) is 29.9 Å². The Bertz CT molecular complexity index is 1070. The summed E-state index contributed by atoms with van der Waals surface area (Å²) in [4.78, 5) is 35.8. The normalized spacial score (nSPS) is 20.7. The highest BCUT2D eigenvalue weighted by Crippen LogP contribution is 2.48. The van der Waals surface area contributed by atoms with Gasteiger partial charge in [0.05, 0.1) is 5.69 Å². The van der Waals surface area contributed by atoms with Gasteiger partial charge in [0.25, 0.3) is 0 Å². The van der Waals surface area contributed by atoms with Crippen LogP contribution in [0.5, 0.6) is 0 Å². The second-order valence-corrected chi connectivity index (χ2v) is 7.74. The summed E-state index contributed by atoms with van der Waals surface area (Å²) in [6, 6.07) is 12.0. The van der Waals surface area contributed by atoms with Gasteiger partial charge in [-0.3, -0.25) is 20.2 Å². The van der Waals surface area contributed by atoms with E-state index in [4.69, 9.17) is 14.6 Å². The fraction of sp³-hybridized carbons (Fsp3) is 0.292. The number of hydrogen-bond acceptors (Lipinski definition) is 6. The predicted octanol–water partition coefficient (Wildman–Crippen LogP) is 3.28. The Morgan fingerprint density at radius 3 is 2.56 bits per heavy atom. The largest absolute Gasteiger partial charge is 0.480 e. The molecule has 0 aromatic heterocycles. The van der Waals surface area contributed by atoms with E-state index in [0.29, 0.717) is 18.5 Å². The van der Waals surface area contributed by atoms with Gasteiger partial charge in [-0.25, -0.2) is 4.79 Å². The van der Waals surface area contributed by atoms with Crippen molar-refractivity contribution in [3.63, 3.8) is 0 Å². The maximum absolute atomic E-state index is 12.5. The molecule has 1 aliphatic carbocycles. The van der Waals surface area contributed by atoms with Gasteiger partial charge in [0.2, 0.25) is 0 Å². The van der Waals surface area contributed by atoms with E-state index in [1.165, 1.54) is 6.08 Å². The third kappa shape index (κ3) is 4.22. The van der Waals surface area contributed by atoms with Gasteiger partial charge in [-0.15, -0.1) is 0 Å². The van der Waals surface area contributed by atoms with Crippen LogP contribution in [0.15, 0.2) is 55.1 Å². The first-order valence-electron chi connectivity index (χ1n) is 10.4. The molecule has 3 atom stereocenters. The van der Waals surface area contributed by atoms with E-state index < -0.39 is 30.1 Å². The van der Waals surface area contributed by atoms with Crippen LogP contribution < -0.4 is 10.6 Å². The molecule has 166 valence electrons. The molecule has 0 spiro atoms. The van der Waals surface area contributed by atoms with Crippen LogP contribution in [-0.2, 0) is 19.1 Å². The molecule has 1 heterocycles. The molecule has 0 bridgehead atoms. The molecule has 2 aromatic carbocycles. The highest BCUT2D eigenvalue weighted by Gasteiger charge is 2.36. The van der Waals surface area contributed by atoms with Gasteiger partial charge in [0, 0.05) is 11.5 Å². The quantitative estimate of drug-likeness (QED) is 0.451. The van der Waals surface area contributed by atoms with Crippen molar-refractivity contribution in [1.29, 1.82) is 0 Å². The number of amides is 1. The van der Waals surface area contributed by atoms with Gasteiger partial charge in [-0.2, -0.15) is 0 Å². The number of esters is 1. The van der Waals surface area contributed by atoms with Crippen LogP contribution in [0, 0.1) is 0 Å². The van der Waals surface area contributed by atoms with Crippen LogP contribution in [0.4, 0.5) is 10.5 Å². The molecule has 8 heteroatoms. The van der Waals surface area contributed by atoms with Gasteiger partial charge in [-0.1, -0.05) is 49.1 Å². The monoisotopic (exact) mass is 436 g/mol. The van der Waals surface area contributed by atoms with Gasteiger partial charge in [0.1, 0.15) is 25.3 Å². The first-order chi connectivity index (χ1) is 15.5. The van der Waals surface area contributed by atoms with E-state index >= 15 is 0 Å². The van der Waals surface area contributed by atoms with Crippen molar-refractivity contribution in [2.45, 2.75) is 30.8 Å². The van der Waals surface area contributed by atoms with E-state index in [1.807, 2.05) is 36.4 Å². The Balaban J connectivity index is 1.53. The average molecular weight is 436 g/mol. The number of rotatable bonds is 7. The van der Waals surface area contributed by atoms with Crippen molar-refractivity contribution >= 4 is 23.7 Å². The summed E-state index contributed by atoms with van der Waals surface area (Å²) in [6.45, 7) is 3.75. The molecule has 3 N–H and O–H groups in total. The Kier molecular flexibility index (Phi) is 6.23. The first-order valence-corrected chi connectivity index (χ1v) is 10.4. The molecule has 1 fully saturated rings. The van der Waals surface area contributed by atoms with Crippen LogP contribution in [-0.4, -0.2) is 48.4 Å². The smallest absolute Gasteiger partial charge is 0.411 e. The van der Waals surface area contributed by atoms with Gasteiger partial charge < -0.3 is 14.6 Å². The Hall–Kier alpha value is -3.65. The number of carbonyl (C=O) groups excluding carboxylic acids is 2. The minimum atomic E-state index is -0.967. The number of hydrogen-bond donors (Lipinski definition) is 3. The maximum atomic E-state index is 12.5. The number of carboxylic acids is 1. The van der Waals surface area contributed by atoms with Crippen LogP contribution in [0.3, 0.4) is 0 Å². The summed E-state index contributed by atoms with van der Waals surface area (Å²) in [5.41, 5.74) is 4.35. The van der Waals surface area contributed by atoms with Crippen molar-refractivity contribution in [3.05, 3.63) is 66.2 Å². The van der Waals surface area contributed by atoms with Crippen LogP contribution in [0.2, 0.25) is 0 Å². The zero-order chi connectivity index (χ0) is 22.7. The number of fused-ring (bicyclic) bond motifs is 3. The molecular formula is C24H24N2O6. The van der Waals surface area contributed by atoms with Crippen molar-refractivity contribution in [2.75, 3.05) is 18.5 Å². The van der Waals surface area contributed by atoms with Gasteiger partial charge in [-0.05, 0) is 35.6 Å². The fourth-order valence-corrected chi connectivity index (χ4v) is 4.31. The topological polar surface area (TPSA) is 114 Å². The highest BCUT2D eigenvalue weighted by atomic mass is 16.5. The molecule has 2 aliphatic rings. The number of carboxylic acid groups (broad SMARTS) is 1.